The standard InChI is InChI=1S/C15H11Cl2N3O4S2/c1-26(23,24)20-14(21)11-6-10-13(25-11)15(22)19-12(18-10)5-7-2-3-8(16)9(17)4-7/h2-4,6H,5H2,1H3,(H,20,21)(H,18,19,22). The lowest BCUT2D eigenvalue weighted by atomic mass is 10.1. The maximum absolute atomic E-state index is 12.2. The molecule has 2 heterocycles. The molecule has 0 aliphatic heterocycles. The third-order valence-electron chi connectivity index (χ3n) is 3.29. The fraction of sp³-hybridized carbons (Fsp3) is 0.133. The minimum atomic E-state index is -3.70. The number of hydrogen-bond acceptors (Lipinski definition) is 6. The van der Waals surface area contributed by atoms with Gasteiger partial charge in [-0.05, 0) is 23.8 Å². The van der Waals surface area contributed by atoms with Crippen LogP contribution in [0.5, 0.6) is 0 Å². The van der Waals surface area contributed by atoms with Crippen molar-refractivity contribution in [1.29, 1.82) is 0 Å². The third-order valence-corrected chi connectivity index (χ3v) is 5.71. The number of amides is 1. The van der Waals surface area contributed by atoms with E-state index in [0.29, 0.717) is 27.8 Å². The predicted octanol–water partition coefficient (Wildman–Crippen LogP) is 2.57. The molecule has 0 aliphatic rings. The molecule has 3 rings (SSSR count). The Kier molecular flexibility index (Phi) is 5.07. The minimum Gasteiger partial charge on any atom is -0.309 e. The molecule has 0 atom stereocenters. The number of carbonyl (C=O) groups is 1. The highest BCUT2D eigenvalue weighted by molar-refractivity contribution is 7.89. The van der Waals surface area contributed by atoms with Crippen molar-refractivity contribution < 1.29 is 13.2 Å². The van der Waals surface area contributed by atoms with E-state index in [1.807, 2.05) is 4.72 Å². The molecular formula is C15H11Cl2N3O4S2. The maximum Gasteiger partial charge on any atom is 0.274 e. The van der Waals surface area contributed by atoms with E-state index in [1.54, 1.807) is 18.2 Å². The molecule has 7 nitrogen and oxygen atoms in total. The molecule has 136 valence electrons. The smallest absolute Gasteiger partial charge is 0.274 e. The molecule has 0 unspecified atom stereocenters. The van der Waals surface area contributed by atoms with Gasteiger partial charge >= 0.3 is 0 Å². The van der Waals surface area contributed by atoms with Crippen molar-refractivity contribution >= 4 is 60.7 Å². The van der Waals surface area contributed by atoms with Crippen LogP contribution in [0.25, 0.3) is 10.2 Å². The van der Waals surface area contributed by atoms with E-state index in [1.165, 1.54) is 6.07 Å². The number of halogens is 2. The lowest BCUT2D eigenvalue weighted by molar-refractivity contribution is 0.0985. The van der Waals surface area contributed by atoms with Gasteiger partial charge in [0.25, 0.3) is 11.5 Å². The fourth-order valence-electron chi connectivity index (χ4n) is 2.25. The summed E-state index contributed by atoms with van der Waals surface area (Å²) in [6.45, 7) is 0. The van der Waals surface area contributed by atoms with Gasteiger partial charge in [-0.15, -0.1) is 11.3 Å². The van der Waals surface area contributed by atoms with Crippen LogP contribution >= 0.6 is 34.5 Å². The van der Waals surface area contributed by atoms with Crippen LogP contribution in [0.1, 0.15) is 21.1 Å². The Bertz CT molecular complexity index is 1190. The maximum atomic E-state index is 12.2. The Morgan fingerprint density at radius 2 is 2.00 bits per heavy atom. The highest BCUT2D eigenvalue weighted by atomic mass is 35.5. The van der Waals surface area contributed by atoms with E-state index < -0.39 is 21.5 Å². The zero-order valence-corrected chi connectivity index (χ0v) is 16.3. The van der Waals surface area contributed by atoms with Gasteiger partial charge in [0.1, 0.15) is 10.5 Å². The third kappa shape index (κ3) is 4.24. The molecule has 0 aliphatic carbocycles. The zero-order valence-electron chi connectivity index (χ0n) is 13.2. The summed E-state index contributed by atoms with van der Waals surface area (Å²) < 4.78 is 24.4. The topological polar surface area (TPSA) is 109 Å². The van der Waals surface area contributed by atoms with Gasteiger partial charge in [0.05, 0.1) is 26.7 Å². The van der Waals surface area contributed by atoms with Crippen molar-refractivity contribution in [2.24, 2.45) is 0 Å². The highest BCUT2D eigenvalue weighted by Crippen LogP contribution is 2.24. The van der Waals surface area contributed by atoms with Gasteiger partial charge in [-0.25, -0.2) is 18.1 Å². The van der Waals surface area contributed by atoms with Crippen LogP contribution in [0, 0.1) is 0 Å². The molecular weight excluding hydrogens is 421 g/mol. The molecule has 0 spiro atoms. The van der Waals surface area contributed by atoms with E-state index in [-0.39, 0.29) is 9.58 Å². The molecule has 1 amide bonds. The quantitative estimate of drug-likeness (QED) is 0.659. The van der Waals surface area contributed by atoms with Crippen molar-refractivity contribution in [3.05, 3.63) is 60.9 Å². The van der Waals surface area contributed by atoms with Crippen LogP contribution < -0.4 is 10.3 Å². The van der Waals surface area contributed by atoms with Gasteiger partial charge in [0, 0.05) is 6.42 Å². The van der Waals surface area contributed by atoms with Crippen LogP contribution in [0.15, 0.2) is 29.1 Å². The summed E-state index contributed by atoms with van der Waals surface area (Å²) in [5.41, 5.74) is 0.702. The molecule has 1 aromatic carbocycles. The summed E-state index contributed by atoms with van der Waals surface area (Å²) in [6, 6.07) is 6.46. The van der Waals surface area contributed by atoms with Crippen molar-refractivity contribution in [3.63, 3.8) is 0 Å². The SMILES string of the molecule is CS(=O)(=O)NC(=O)c1cc2nc(Cc3ccc(Cl)c(Cl)c3)[nH]c(=O)c2s1. The summed E-state index contributed by atoms with van der Waals surface area (Å²) in [5, 5.41) is 0.814. The first-order valence-corrected chi connectivity index (χ1v) is 10.6. The van der Waals surface area contributed by atoms with E-state index in [4.69, 9.17) is 23.2 Å². The Morgan fingerprint density at radius 1 is 1.27 bits per heavy atom. The summed E-state index contributed by atoms with van der Waals surface area (Å²) in [5.74, 6) is -0.422. The number of sulfonamides is 1. The van der Waals surface area contributed by atoms with Crippen LogP contribution in [-0.2, 0) is 16.4 Å². The Hall–Kier alpha value is -1.94. The van der Waals surface area contributed by atoms with Crippen molar-refractivity contribution in [2.75, 3.05) is 6.26 Å². The fourth-order valence-corrected chi connectivity index (χ4v) is 3.96. The number of carbonyl (C=O) groups excluding carboxylic acids is 1. The lowest BCUT2D eigenvalue weighted by Gasteiger charge is -2.03. The van der Waals surface area contributed by atoms with Gasteiger partial charge in [-0.2, -0.15) is 0 Å². The number of nitrogens with one attached hydrogen (secondary N) is 2. The number of aromatic nitrogens is 2. The zero-order chi connectivity index (χ0) is 19.1. The lowest BCUT2D eigenvalue weighted by Crippen LogP contribution is -2.28. The first-order valence-electron chi connectivity index (χ1n) is 7.11. The number of hydrogen-bond donors (Lipinski definition) is 2. The molecule has 2 aromatic heterocycles. The number of benzene rings is 1. The molecule has 0 radical (unpaired) electrons. The largest absolute Gasteiger partial charge is 0.309 e. The number of H-pyrrole nitrogens is 1. The van der Waals surface area contributed by atoms with E-state index in [9.17, 15) is 18.0 Å². The minimum absolute atomic E-state index is 0.0788. The molecule has 0 bridgehead atoms. The Labute approximate surface area is 162 Å². The Balaban J connectivity index is 1.95. The van der Waals surface area contributed by atoms with E-state index in [0.717, 1.165) is 23.2 Å². The first-order chi connectivity index (χ1) is 12.1. The number of thiophene rings is 1. The van der Waals surface area contributed by atoms with Gasteiger partial charge in [-0.1, -0.05) is 29.3 Å². The van der Waals surface area contributed by atoms with Gasteiger partial charge in [0.2, 0.25) is 10.0 Å². The molecule has 26 heavy (non-hydrogen) atoms. The monoisotopic (exact) mass is 431 g/mol. The Morgan fingerprint density at radius 3 is 2.65 bits per heavy atom. The summed E-state index contributed by atoms with van der Waals surface area (Å²) in [7, 11) is -3.70. The van der Waals surface area contributed by atoms with E-state index in [2.05, 4.69) is 9.97 Å². The molecule has 3 aromatic rings. The molecule has 2 N–H and O–H groups in total. The molecule has 0 saturated carbocycles. The number of rotatable bonds is 4. The van der Waals surface area contributed by atoms with Crippen molar-refractivity contribution in [1.82, 2.24) is 14.7 Å². The molecule has 11 heteroatoms. The molecule has 0 fully saturated rings. The van der Waals surface area contributed by atoms with Crippen molar-refractivity contribution in [3.8, 4) is 0 Å². The second-order valence-corrected chi connectivity index (χ2v) is 9.08. The van der Waals surface area contributed by atoms with Crippen LogP contribution in [0.4, 0.5) is 0 Å². The number of nitrogens with zero attached hydrogens (tertiary/aromatic N) is 1. The summed E-state index contributed by atoms with van der Waals surface area (Å²) in [4.78, 5) is 31.3. The van der Waals surface area contributed by atoms with E-state index >= 15 is 0 Å². The van der Waals surface area contributed by atoms with Crippen LogP contribution in [0.3, 0.4) is 0 Å². The first kappa shape index (κ1) is 18.8. The predicted molar refractivity (Wildman–Crippen MR) is 102 cm³/mol. The van der Waals surface area contributed by atoms with Gasteiger partial charge in [0.15, 0.2) is 0 Å². The normalized spacial score (nSPS) is 11.7. The van der Waals surface area contributed by atoms with Crippen LogP contribution in [0.2, 0.25) is 10.0 Å². The van der Waals surface area contributed by atoms with Crippen LogP contribution in [-0.4, -0.2) is 30.5 Å². The highest BCUT2D eigenvalue weighted by Gasteiger charge is 2.17. The summed E-state index contributed by atoms with van der Waals surface area (Å²) >= 11 is 12.7. The average Bonchev–Trinajstić information content (AvgIpc) is 2.94. The molecule has 0 saturated heterocycles. The second kappa shape index (κ2) is 6.99. The van der Waals surface area contributed by atoms with Crippen molar-refractivity contribution in [2.45, 2.75) is 6.42 Å². The van der Waals surface area contributed by atoms with Gasteiger partial charge < -0.3 is 4.98 Å². The summed E-state index contributed by atoms with van der Waals surface area (Å²) in [6.07, 6.45) is 1.18. The number of fused-ring (bicyclic) bond motifs is 1. The average molecular weight is 432 g/mol. The number of aromatic amines is 1. The second-order valence-electron chi connectivity index (χ2n) is 5.47. The van der Waals surface area contributed by atoms with Gasteiger partial charge in [-0.3, -0.25) is 9.59 Å².